The van der Waals surface area contributed by atoms with E-state index in [4.69, 9.17) is 11.6 Å². The predicted molar refractivity (Wildman–Crippen MR) is 112 cm³/mol. The first-order valence-electron chi connectivity index (χ1n) is 9.61. The van der Waals surface area contributed by atoms with Crippen molar-refractivity contribution >= 4 is 28.7 Å². The van der Waals surface area contributed by atoms with Crippen molar-refractivity contribution in [2.24, 2.45) is 7.05 Å². The number of hydrogen-bond donors (Lipinski definition) is 1. The van der Waals surface area contributed by atoms with Crippen molar-refractivity contribution in [3.8, 4) is 11.4 Å². The number of pyridine rings is 1. The average molecular weight is 441 g/mol. The summed E-state index contributed by atoms with van der Waals surface area (Å²) in [7, 11) is 1.55. The van der Waals surface area contributed by atoms with Crippen LogP contribution in [0.5, 0.6) is 0 Å². The largest absolute Gasteiger partial charge is 0.341 e. The Morgan fingerprint density at radius 3 is 2.48 bits per heavy atom. The van der Waals surface area contributed by atoms with Gasteiger partial charge in [-0.05, 0) is 29.3 Å². The first-order valence-corrected chi connectivity index (χ1v) is 9.98. The van der Waals surface area contributed by atoms with Gasteiger partial charge in [-0.2, -0.15) is 0 Å². The second-order valence-electron chi connectivity index (χ2n) is 7.28. The molecule has 0 aromatic carbocycles. The Morgan fingerprint density at radius 1 is 1.06 bits per heavy atom. The third-order valence-electron chi connectivity index (χ3n) is 5.48. The highest BCUT2D eigenvalue weighted by Gasteiger charge is 2.26. The Balaban J connectivity index is 1.40. The van der Waals surface area contributed by atoms with Gasteiger partial charge in [0.25, 0.3) is 0 Å². The highest BCUT2D eigenvalue weighted by Crippen LogP contribution is 2.26. The van der Waals surface area contributed by atoms with Gasteiger partial charge >= 0.3 is 11.1 Å². The molecule has 0 spiro atoms. The summed E-state index contributed by atoms with van der Waals surface area (Å²) in [6, 6.07) is 1.49. The lowest BCUT2D eigenvalue weighted by atomic mass is 10.0. The van der Waals surface area contributed by atoms with Crippen LogP contribution in [0.1, 0.15) is 18.9 Å². The van der Waals surface area contributed by atoms with Gasteiger partial charge in [0.1, 0.15) is 0 Å². The van der Waals surface area contributed by atoms with E-state index in [1.165, 1.54) is 15.3 Å². The molecule has 4 aromatic heterocycles. The van der Waals surface area contributed by atoms with Gasteiger partial charge in [-0.25, -0.2) is 20.1 Å². The number of rotatable bonds is 3. The SMILES string of the molecule is Cn1c(=O)c(=O)n(C2CCN(c3ncc(-c4nnn[nH]4)cn3)CC2)c2ncc(Cl)cc21. The Bertz CT molecular complexity index is 1360. The minimum absolute atomic E-state index is 0.159. The van der Waals surface area contributed by atoms with E-state index >= 15 is 0 Å². The number of aromatic amines is 1. The van der Waals surface area contributed by atoms with Crippen LogP contribution in [0, 0.1) is 0 Å². The Hall–Kier alpha value is -3.67. The van der Waals surface area contributed by atoms with E-state index in [1.54, 1.807) is 25.5 Å². The molecule has 5 heterocycles. The number of aromatic nitrogens is 9. The van der Waals surface area contributed by atoms with Crippen LogP contribution in [-0.4, -0.2) is 57.8 Å². The molecule has 1 fully saturated rings. The molecule has 0 amide bonds. The van der Waals surface area contributed by atoms with Crippen molar-refractivity contribution in [3.63, 3.8) is 0 Å². The van der Waals surface area contributed by atoms with E-state index in [1.807, 2.05) is 4.90 Å². The summed E-state index contributed by atoms with van der Waals surface area (Å²) < 4.78 is 2.80. The molecule has 1 aliphatic rings. The molecule has 158 valence electrons. The van der Waals surface area contributed by atoms with Crippen LogP contribution in [0.4, 0.5) is 5.95 Å². The number of nitrogens with one attached hydrogen (secondary N) is 1. The summed E-state index contributed by atoms with van der Waals surface area (Å²) in [5.41, 5.74) is 0.493. The number of fused-ring (bicyclic) bond motifs is 1. The number of tetrazole rings is 1. The molecule has 4 aromatic rings. The summed E-state index contributed by atoms with van der Waals surface area (Å²) in [5.74, 6) is 1.08. The van der Waals surface area contributed by atoms with Crippen molar-refractivity contribution in [1.29, 1.82) is 0 Å². The molecule has 0 atom stereocenters. The zero-order chi connectivity index (χ0) is 21.5. The third-order valence-corrected chi connectivity index (χ3v) is 5.69. The number of aryl methyl sites for hydroxylation is 1. The summed E-state index contributed by atoms with van der Waals surface area (Å²) >= 11 is 6.05. The molecule has 0 radical (unpaired) electrons. The van der Waals surface area contributed by atoms with Crippen molar-refractivity contribution < 1.29 is 0 Å². The van der Waals surface area contributed by atoms with Crippen LogP contribution < -0.4 is 16.0 Å². The summed E-state index contributed by atoms with van der Waals surface area (Å²) in [5, 5.41) is 14.0. The fourth-order valence-electron chi connectivity index (χ4n) is 3.86. The number of halogens is 1. The molecule has 1 saturated heterocycles. The number of piperidine rings is 1. The first-order chi connectivity index (χ1) is 15.0. The second-order valence-corrected chi connectivity index (χ2v) is 7.71. The molecule has 0 saturated carbocycles. The van der Waals surface area contributed by atoms with Crippen molar-refractivity contribution in [1.82, 2.24) is 44.7 Å². The lowest BCUT2D eigenvalue weighted by Crippen LogP contribution is -2.45. The van der Waals surface area contributed by atoms with Crippen molar-refractivity contribution in [2.45, 2.75) is 18.9 Å². The lowest BCUT2D eigenvalue weighted by Gasteiger charge is -2.33. The highest BCUT2D eigenvalue weighted by molar-refractivity contribution is 6.31. The first kappa shape index (κ1) is 19.3. The van der Waals surface area contributed by atoms with Crippen LogP contribution in [-0.2, 0) is 7.05 Å². The van der Waals surface area contributed by atoms with Gasteiger partial charge < -0.3 is 9.47 Å². The van der Waals surface area contributed by atoms with Gasteiger partial charge in [-0.15, -0.1) is 5.10 Å². The van der Waals surface area contributed by atoms with E-state index in [0.29, 0.717) is 59.5 Å². The lowest BCUT2D eigenvalue weighted by molar-refractivity contribution is 0.389. The van der Waals surface area contributed by atoms with E-state index in [-0.39, 0.29) is 6.04 Å². The Kier molecular flexibility index (Phi) is 4.70. The minimum Gasteiger partial charge on any atom is -0.341 e. The fourth-order valence-corrected chi connectivity index (χ4v) is 4.01. The van der Waals surface area contributed by atoms with Gasteiger partial charge in [0, 0.05) is 44.8 Å². The normalized spacial score (nSPS) is 15.0. The zero-order valence-corrected chi connectivity index (χ0v) is 17.2. The highest BCUT2D eigenvalue weighted by atomic mass is 35.5. The maximum absolute atomic E-state index is 12.8. The summed E-state index contributed by atoms with van der Waals surface area (Å²) in [6.45, 7) is 1.26. The van der Waals surface area contributed by atoms with Crippen LogP contribution in [0.25, 0.3) is 22.6 Å². The number of anilines is 1. The molecule has 5 rings (SSSR count). The second kappa shape index (κ2) is 7.54. The maximum Gasteiger partial charge on any atom is 0.318 e. The van der Waals surface area contributed by atoms with Gasteiger partial charge in [-0.1, -0.05) is 11.6 Å². The van der Waals surface area contributed by atoms with Crippen molar-refractivity contribution in [2.75, 3.05) is 18.0 Å². The number of H-pyrrole nitrogens is 1. The smallest absolute Gasteiger partial charge is 0.318 e. The summed E-state index contributed by atoms with van der Waals surface area (Å²) in [4.78, 5) is 40.5. The van der Waals surface area contributed by atoms with Gasteiger partial charge in [-0.3, -0.25) is 14.2 Å². The standard InChI is InChI=1S/C18H17ClN10O2/c1-27-13-6-11(19)9-20-15(13)29(17(31)16(27)30)12-2-4-28(5-3-12)18-21-7-10(8-22-18)14-23-25-26-24-14/h6-9,12H,2-5H2,1H3,(H,23,24,25,26). The van der Waals surface area contributed by atoms with Gasteiger partial charge in [0.05, 0.1) is 16.1 Å². The van der Waals surface area contributed by atoms with E-state index in [2.05, 4.69) is 35.6 Å². The molecule has 13 heteroatoms. The summed E-state index contributed by atoms with van der Waals surface area (Å²) in [6.07, 6.45) is 6.08. The van der Waals surface area contributed by atoms with Crippen LogP contribution in [0.15, 0.2) is 34.2 Å². The molecule has 12 nitrogen and oxygen atoms in total. The van der Waals surface area contributed by atoms with E-state index in [0.717, 1.165) is 0 Å². The van der Waals surface area contributed by atoms with Crippen LogP contribution in [0.3, 0.4) is 0 Å². The predicted octanol–water partition coefficient (Wildman–Crippen LogP) is 0.560. The molecule has 0 aliphatic carbocycles. The Labute approximate surface area is 179 Å². The molecular formula is C18H17ClN10O2. The van der Waals surface area contributed by atoms with Crippen LogP contribution in [0.2, 0.25) is 5.02 Å². The zero-order valence-electron chi connectivity index (χ0n) is 16.4. The van der Waals surface area contributed by atoms with Gasteiger partial charge in [0.2, 0.25) is 5.95 Å². The van der Waals surface area contributed by atoms with Crippen LogP contribution >= 0.6 is 11.6 Å². The number of nitrogens with zero attached hydrogens (tertiary/aromatic N) is 9. The third kappa shape index (κ3) is 3.34. The quantitative estimate of drug-likeness (QED) is 0.452. The average Bonchev–Trinajstić information content (AvgIpc) is 3.34. The van der Waals surface area contributed by atoms with E-state index in [9.17, 15) is 9.59 Å². The number of hydrogen-bond acceptors (Lipinski definition) is 9. The topological polar surface area (TPSA) is 140 Å². The Morgan fingerprint density at radius 2 is 1.81 bits per heavy atom. The monoisotopic (exact) mass is 440 g/mol. The molecule has 31 heavy (non-hydrogen) atoms. The molecule has 0 unspecified atom stereocenters. The van der Waals surface area contributed by atoms with Crippen molar-refractivity contribution in [3.05, 3.63) is 50.4 Å². The molecule has 0 bridgehead atoms. The minimum atomic E-state index is -0.597. The fraction of sp³-hybridized carbons (Fsp3) is 0.333. The van der Waals surface area contributed by atoms with E-state index < -0.39 is 11.1 Å². The molecule has 1 aliphatic heterocycles. The van der Waals surface area contributed by atoms with Gasteiger partial charge in [0.15, 0.2) is 11.5 Å². The molecular weight excluding hydrogens is 424 g/mol. The maximum atomic E-state index is 12.8. The molecule has 1 N–H and O–H groups in total.